The molecule has 0 aliphatic heterocycles. The third-order valence-corrected chi connectivity index (χ3v) is 5.91. The number of halogens is 2. The van der Waals surface area contributed by atoms with E-state index in [0.29, 0.717) is 0 Å². The van der Waals surface area contributed by atoms with Crippen molar-refractivity contribution in [3.63, 3.8) is 0 Å². The van der Waals surface area contributed by atoms with Crippen LogP contribution in [0.4, 0.5) is 10.1 Å². The van der Waals surface area contributed by atoms with E-state index in [-0.39, 0.29) is 21.6 Å². The molecule has 1 aromatic rings. The van der Waals surface area contributed by atoms with E-state index in [1.54, 1.807) is 0 Å². The summed E-state index contributed by atoms with van der Waals surface area (Å²) in [5.41, 5.74) is 5.67. The Balaban J connectivity index is 2.37. The number of nitrogens with one attached hydrogen (secondary N) is 1. The van der Waals surface area contributed by atoms with Crippen molar-refractivity contribution in [1.29, 1.82) is 0 Å². The molecule has 1 aromatic carbocycles. The number of nitrogen functional groups attached to an aromatic ring is 1. The molecule has 0 bridgehead atoms. The van der Waals surface area contributed by atoms with Crippen molar-refractivity contribution in [2.75, 3.05) is 5.73 Å². The Morgan fingerprint density at radius 2 is 2.10 bits per heavy atom. The van der Waals surface area contributed by atoms with E-state index in [1.807, 2.05) is 13.8 Å². The van der Waals surface area contributed by atoms with Crippen molar-refractivity contribution in [3.05, 3.63) is 22.4 Å². The van der Waals surface area contributed by atoms with Gasteiger partial charge in [0.15, 0.2) is 5.82 Å². The number of hydrogen-bond acceptors (Lipinski definition) is 3. The fourth-order valence-corrected chi connectivity index (χ4v) is 4.76. The van der Waals surface area contributed by atoms with Crippen LogP contribution in [0.5, 0.6) is 0 Å². The summed E-state index contributed by atoms with van der Waals surface area (Å²) in [6.07, 6.45) is 2.67. The van der Waals surface area contributed by atoms with Gasteiger partial charge in [-0.3, -0.25) is 0 Å². The molecule has 1 atom stereocenters. The van der Waals surface area contributed by atoms with Gasteiger partial charge < -0.3 is 5.73 Å². The van der Waals surface area contributed by atoms with E-state index >= 15 is 0 Å². The molecule has 1 aliphatic carbocycles. The predicted molar refractivity (Wildman–Crippen MR) is 80.3 cm³/mol. The zero-order chi connectivity index (χ0) is 15.1. The number of rotatable bonds is 3. The van der Waals surface area contributed by atoms with Gasteiger partial charge in [-0.1, -0.05) is 20.3 Å². The van der Waals surface area contributed by atoms with Crippen LogP contribution < -0.4 is 10.5 Å². The standard InChI is InChI=1S/C13H18BrFN2O2S/c1-13(2)5-3-4-11(13)17-20(18,19)10-7-8(16)6-9(14)12(10)15/h6-7,11,17H,3-5,16H2,1-2H3. The van der Waals surface area contributed by atoms with Crippen LogP contribution in [0.2, 0.25) is 0 Å². The van der Waals surface area contributed by atoms with Gasteiger partial charge in [-0.15, -0.1) is 0 Å². The van der Waals surface area contributed by atoms with Gasteiger partial charge in [-0.2, -0.15) is 0 Å². The molecule has 20 heavy (non-hydrogen) atoms. The maximum absolute atomic E-state index is 14.0. The fourth-order valence-electron chi connectivity index (χ4n) is 2.58. The van der Waals surface area contributed by atoms with Gasteiger partial charge in [0, 0.05) is 11.7 Å². The Morgan fingerprint density at radius 1 is 1.45 bits per heavy atom. The number of nitrogens with two attached hydrogens (primary N) is 1. The lowest BCUT2D eigenvalue weighted by Crippen LogP contribution is -2.41. The summed E-state index contributed by atoms with van der Waals surface area (Å²) in [6, 6.07) is 2.30. The van der Waals surface area contributed by atoms with Crippen LogP contribution >= 0.6 is 15.9 Å². The first kappa shape index (κ1) is 15.7. The molecule has 0 saturated heterocycles. The predicted octanol–water partition coefficient (Wildman–Crippen LogP) is 3.03. The highest BCUT2D eigenvalue weighted by molar-refractivity contribution is 9.10. The minimum Gasteiger partial charge on any atom is -0.399 e. The quantitative estimate of drug-likeness (QED) is 0.809. The van der Waals surface area contributed by atoms with E-state index in [0.717, 1.165) is 25.3 Å². The van der Waals surface area contributed by atoms with Gasteiger partial charge in [-0.05, 0) is 46.3 Å². The summed E-state index contributed by atoms with van der Waals surface area (Å²) in [5, 5.41) is 0. The normalized spacial score (nSPS) is 22.1. The lowest BCUT2D eigenvalue weighted by atomic mass is 9.88. The van der Waals surface area contributed by atoms with Gasteiger partial charge in [0.25, 0.3) is 0 Å². The minimum absolute atomic E-state index is 0.0450. The molecular formula is C13H18BrFN2O2S. The zero-order valence-electron chi connectivity index (χ0n) is 11.4. The first-order valence-electron chi connectivity index (χ1n) is 6.40. The van der Waals surface area contributed by atoms with E-state index in [2.05, 4.69) is 20.7 Å². The molecule has 1 saturated carbocycles. The Hall–Kier alpha value is -0.660. The molecule has 4 nitrogen and oxygen atoms in total. The summed E-state index contributed by atoms with van der Waals surface area (Å²) in [7, 11) is -3.93. The Labute approximate surface area is 127 Å². The summed E-state index contributed by atoms with van der Waals surface area (Å²) in [5.74, 6) is -0.817. The summed E-state index contributed by atoms with van der Waals surface area (Å²) >= 11 is 2.98. The highest BCUT2D eigenvalue weighted by Crippen LogP contribution is 2.38. The molecule has 0 radical (unpaired) electrons. The number of hydrogen-bond donors (Lipinski definition) is 2. The lowest BCUT2D eigenvalue weighted by molar-refractivity contribution is 0.312. The third-order valence-electron chi connectivity index (χ3n) is 3.86. The maximum atomic E-state index is 14.0. The van der Waals surface area contributed by atoms with Gasteiger partial charge in [0.2, 0.25) is 10.0 Å². The smallest absolute Gasteiger partial charge is 0.243 e. The molecule has 7 heteroatoms. The van der Waals surface area contributed by atoms with E-state index < -0.39 is 20.7 Å². The number of anilines is 1. The van der Waals surface area contributed by atoms with Crippen LogP contribution in [0.3, 0.4) is 0 Å². The van der Waals surface area contributed by atoms with Crippen LogP contribution in [0, 0.1) is 11.2 Å². The number of benzene rings is 1. The summed E-state index contributed by atoms with van der Waals surface area (Å²) in [6.45, 7) is 4.03. The van der Waals surface area contributed by atoms with Crippen molar-refractivity contribution >= 4 is 31.6 Å². The average Bonchev–Trinajstić information content (AvgIpc) is 2.62. The molecule has 1 fully saturated rings. The SMILES string of the molecule is CC1(C)CCCC1NS(=O)(=O)c1cc(N)cc(Br)c1F. The monoisotopic (exact) mass is 364 g/mol. The molecule has 2 rings (SSSR count). The first-order chi connectivity index (χ1) is 9.13. The van der Waals surface area contributed by atoms with Gasteiger partial charge in [0.1, 0.15) is 4.90 Å². The second-order valence-electron chi connectivity index (χ2n) is 5.87. The third kappa shape index (κ3) is 2.99. The Bertz CT molecular complexity index is 632. The first-order valence-corrected chi connectivity index (χ1v) is 8.68. The topological polar surface area (TPSA) is 72.2 Å². The van der Waals surface area contributed by atoms with Crippen LogP contribution in [-0.2, 0) is 10.0 Å². The Kier molecular flexibility index (Phi) is 4.15. The second-order valence-corrected chi connectivity index (χ2v) is 8.41. The highest BCUT2D eigenvalue weighted by Gasteiger charge is 2.38. The van der Waals surface area contributed by atoms with E-state index in [9.17, 15) is 12.8 Å². The fraction of sp³-hybridized carbons (Fsp3) is 0.538. The van der Waals surface area contributed by atoms with Crippen molar-refractivity contribution in [1.82, 2.24) is 4.72 Å². The lowest BCUT2D eigenvalue weighted by Gasteiger charge is -2.27. The number of sulfonamides is 1. The molecular weight excluding hydrogens is 347 g/mol. The molecule has 0 amide bonds. The maximum Gasteiger partial charge on any atom is 0.243 e. The largest absolute Gasteiger partial charge is 0.399 e. The van der Waals surface area contributed by atoms with Crippen LogP contribution in [0.15, 0.2) is 21.5 Å². The minimum atomic E-state index is -3.93. The van der Waals surface area contributed by atoms with Gasteiger partial charge >= 0.3 is 0 Å². The van der Waals surface area contributed by atoms with Crippen LogP contribution in [0.25, 0.3) is 0 Å². The van der Waals surface area contributed by atoms with Gasteiger partial charge in [0.05, 0.1) is 4.47 Å². The molecule has 0 heterocycles. The zero-order valence-corrected chi connectivity index (χ0v) is 13.8. The molecule has 1 aliphatic rings. The van der Waals surface area contributed by atoms with Crippen LogP contribution in [0.1, 0.15) is 33.1 Å². The van der Waals surface area contributed by atoms with E-state index in [4.69, 9.17) is 5.73 Å². The molecule has 0 aromatic heterocycles. The average molecular weight is 365 g/mol. The summed E-state index contributed by atoms with van der Waals surface area (Å²) in [4.78, 5) is -0.410. The van der Waals surface area contributed by atoms with E-state index in [1.165, 1.54) is 6.07 Å². The second kappa shape index (κ2) is 5.27. The van der Waals surface area contributed by atoms with Crippen molar-refractivity contribution in [2.45, 2.75) is 44.0 Å². The van der Waals surface area contributed by atoms with Gasteiger partial charge in [-0.25, -0.2) is 17.5 Å². The molecule has 112 valence electrons. The van der Waals surface area contributed by atoms with Crippen LogP contribution in [-0.4, -0.2) is 14.5 Å². The summed E-state index contributed by atoms with van der Waals surface area (Å²) < 4.78 is 41.4. The molecule has 3 N–H and O–H groups in total. The van der Waals surface area contributed by atoms with Crippen molar-refractivity contribution < 1.29 is 12.8 Å². The van der Waals surface area contributed by atoms with Crippen molar-refractivity contribution in [2.24, 2.45) is 5.41 Å². The van der Waals surface area contributed by atoms with Crippen molar-refractivity contribution in [3.8, 4) is 0 Å². The highest BCUT2D eigenvalue weighted by atomic mass is 79.9. The Morgan fingerprint density at radius 3 is 2.65 bits per heavy atom. The molecule has 0 spiro atoms. The molecule has 1 unspecified atom stereocenters.